The van der Waals surface area contributed by atoms with Gasteiger partial charge in [0.25, 0.3) is 0 Å². The van der Waals surface area contributed by atoms with Gasteiger partial charge in [0.05, 0.1) is 0 Å². The Kier molecular flexibility index (Phi) is 4.07. The highest BCUT2D eigenvalue weighted by Gasteiger charge is 2.54. The molecule has 1 aliphatic rings. The van der Waals surface area contributed by atoms with E-state index in [2.05, 4.69) is 13.2 Å². The second kappa shape index (κ2) is 5.14. The van der Waals surface area contributed by atoms with E-state index in [1.807, 2.05) is 0 Å². The largest absolute Gasteiger partial charge is 0.479 e. The zero-order valence-electron chi connectivity index (χ0n) is 9.46. The van der Waals surface area contributed by atoms with E-state index >= 15 is 0 Å². The van der Waals surface area contributed by atoms with Crippen molar-refractivity contribution in [2.24, 2.45) is 5.92 Å². The third-order valence-corrected chi connectivity index (χ3v) is 3.05. The summed E-state index contributed by atoms with van der Waals surface area (Å²) in [4.78, 5) is 22.3. The second-order valence-corrected chi connectivity index (χ2v) is 4.09. The van der Waals surface area contributed by atoms with Crippen molar-refractivity contribution in [3.63, 3.8) is 0 Å². The van der Waals surface area contributed by atoms with E-state index in [-0.39, 0.29) is 12.8 Å². The molecule has 0 spiro atoms. The van der Waals surface area contributed by atoms with E-state index in [0.29, 0.717) is 6.42 Å². The van der Waals surface area contributed by atoms with Crippen LogP contribution in [0, 0.1) is 5.92 Å². The lowest BCUT2D eigenvalue weighted by atomic mass is 9.82. The van der Waals surface area contributed by atoms with Crippen molar-refractivity contribution in [3.05, 3.63) is 25.3 Å². The molecule has 0 aromatic heterocycles. The zero-order valence-corrected chi connectivity index (χ0v) is 9.46. The second-order valence-electron chi connectivity index (χ2n) is 4.09. The first-order chi connectivity index (χ1) is 7.97. The number of carboxylic acids is 2. The van der Waals surface area contributed by atoms with Gasteiger partial charge in [0.2, 0.25) is 0 Å². The van der Waals surface area contributed by atoms with Crippen LogP contribution in [0.1, 0.15) is 19.3 Å². The molecule has 1 fully saturated rings. The monoisotopic (exact) mass is 240 g/mol. The lowest BCUT2D eigenvalue weighted by molar-refractivity contribution is -0.173. The SMILES string of the molecule is C=CCC1CC(C(=O)O)OC1(CC=C)C(=O)O. The van der Waals surface area contributed by atoms with Crippen LogP contribution < -0.4 is 0 Å². The first-order valence-corrected chi connectivity index (χ1v) is 5.33. The quantitative estimate of drug-likeness (QED) is 0.686. The summed E-state index contributed by atoms with van der Waals surface area (Å²) in [6.07, 6.45) is 2.62. The Labute approximate surface area is 99.4 Å². The Morgan fingerprint density at radius 3 is 2.41 bits per heavy atom. The highest BCUT2D eigenvalue weighted by Crippen LogP contribution is 2.41. The minimum Gasteiger partial charge on any atom is -0.479 e. The first kappa shape index (κ1) is 13.4. The van der Waals surface area contributed by atoms with E-state index in [1.54, 1.807) is 6.08 Å². The van der Waals surface area contributed by atoms with Crippen molar-refractivity contribution in [2.45, 2.75) is 31.0 Å². The molecule has 0 saturated carbocycles. The Bertz CT molecular complexity index is 349. The molecular formula is C12H16O5. The fourth-order valence-corrected chi connectivity index (χ4v) is 2.23. The molecule has 2 N–H and O–H groups in total. The maximum atomic E-state index is 11.4. The molecule has 5 heteroatoms. The summed E-state index contributed by atoms with van der Waals surface area (Å²) < 4.78 is 5.26. The van der Waals surface area contributed by atoms with Gasteiger partial charge in [-0.25, -0.2) is 9.59 Å². The standard InChI is InChI=1S/C12H16O5/c1-3-5-8-7-9(10(13)14)17-12(8,6-4-2)11(15)16/h3-4,8-9H,1-2,5-7H2,(H,13,14)(H,15,16). The molecule has 17 heavy (non-hydrogen) atoms. The van der Waals surface area contributed by atoms with Crippen molar-refractivity contribution in [1.82, 2.24) is 0 Å². The molecule has 3 unspecified atom stereocenters. The molecule has 3 atom stereocenters. The topological polar surface area (TPSA) is 83.8 Å². The van der Waals surface area contributed by atoms with Gasteiger partial charge >= 0.3 is 11.9 Å². The molecule has 1 rings (SSSR count). The van der Waals surface area contributed by atoms with Crippen LogP contribution in [0.25, 0.3) is 0 Å². The minimum absolute atomic E-state index is 0.0879. The molecule has 0 aromatic rings. The van der Waals surface area contributed by atoms with E-state index in [1.165, 1.54) is 6.08 Å². The molecule has 0 aromatic carbocycles. The van der Waals surface area contributed by atoms with Gasteiger partial charge in [-0.05, 0) is 12.8 Å². The molecule has 1 heterocycles. The van der Waals surface area contributed by atoms with Crippen molar-refractivity contribution in [3.8, 4) is 0 Å². The molecule has 1 saturated heterocycles. The van der Waals surface area contributed by atoms with E-state index in [0.717, 1.165) is 0 Å². The average Bonchev–Trinajstić information content (AvgIpc) is 2.60. The number of ether oxygens (including phenoxy) is 1. The van der Waals surface area contributed by atoms with Gasteiger partial charge in [-0.15, -0.1) is 13.2 Å². The molecule has 1 aliphatic heterocycles. The minimum atomic E-state index is -1.49. The summed E-state index contributed by atoms with van der Waals surface area (Å²) >= 11 is 0. The summed E-state index contributed by atoms with van der Waals surface area (Å²) in [6.45, 7) is 7.06. The smallest absolute Gasteiger partial charge is 0.336 e. The van der Waals surface area contributed by atoms with Crippen LogP contribution in [0.15, 0.2) is 25.3 Å². The van der Waals surface area contributed by atoms with Gasteiger partial charge in [-0.1, -0.05) is 12.2 Å². The molecule has 0 bridgehead atoms. The summed E-state index contributed by atoms with van der Waals surface area (Å²) in [7, 11) is 0. The van der Waals surface area contributed by atoms with Crippen LogP contribution in [0.4, 0.5) is 0 Å². The lowest BCUT2D eigenvalue weighted by Gasteiger charge is -2.28. The summed E-state index contributed by atoms with van der Waals surface area (Å²) in [5, 5.41) is 18.2. The summed E-state index contributed by atoms with van der Waals surface area (Å²) in [5.74, 6) is -2.67. The van der Waals surface area contributed by atoms with Crippen LogP contribution in [0.3, 0.4) is 0 Å². The molecule has 0 aliphatic carbocycles. The van der Waals surface area contributed by atoms with Gasteiger partial charge < -0.3 is 14.9 Å². The Morgan fingerprint density at radius 2 is 2.00 bits per heavy atom. The van der Waals surface area contributed by atoms with Gasteiger partial charge in [0, 0.05) is 12.3 Å². The predicted octanol–water partition coefficient (Wildman–Crippen LogP) is 1.45. The van der Waals surface area contributed by atoms with Crippen LogP contribution in [-0.4, -0.2) is 33.9 Å². The highest BCUT2D eigenvalue weighted by atomic mass is 16.6. The number of hydrogen-bond acceptors (Lipinski definition) is 3. The zero-order chi connectivity index (χ0) is 13.1. The van der Waals surface area contributed by atoms with E-state index < -0.39 is 29.6 Å². The van der Waals surface area contributed by atoms with Crippen LogP contribution in [0.2, 0.25) is 0 Å². The number of allylic oxidation sites excluding steroid dienone is 1. The predicted molar refractivity (Wildman–Crippen MR) is 60.6 cm³/mol. The summed E-state index contributed by atoms with van der Waals surface area (Å²) in [6, 6.07) is 0. The van der Waals surface area contributed by atoms with Crippen molar-refractivity contribution < 1.29 is 24.5 Å². The van der Waals surface area contributed by atoms with Gasteiger partial charge in [0.15, 0.2) is 11.7 Å². The fourth-order valence-electron chi connectivity index (χ4n) is 2.23. The number of carboxylic acid groups (broad SMARTS) is 2. The number of aliphatic carboxylic acids is 2. The summed E-state index contributed by atoms with van der Waals surface area (Å²) in [5.41, 5.74) is -1.49. The Balaban J connectivity index is 3.05. The molecule has 0 radical (unpaired) electrons. The highest BCUT2D eigenvalue weighted by molar-refractivity contribution is 5.81. The van der Waals surface area contributed by atoms with Gasteiger partial charge in [-0.2, -0.15) is 0 Å². The lowest BCUT2D eigenvalue weighted by Crippen LogP contribution is -2.44. The normalized spacial score (nSPS) is 32.0. The fraction of sp³-hybridized carbons (Fsp3) is 0.500. The van der Waals surface area contributed by atoms with Crippen molar-refractivity contribution >= 4 is 11.9 Å². The molecular weight excluding hydrogens is 224 g/mol. The third-order valence-electron chi connectivity index (χ3n) is 3.05. The van der Waals surface area contributed by atoms with E-state index in [9.17, 15) is 14.7 Å². The van der Waals surface area contributed by atoms with Crippen LogP contribution in [0.5, 0.6) is 0 Å². The molecule has 94 valence electrons. The molecule has 5 nitrogen and oxygen atoms in total. The van der Waals surface area contributed by atoms with Crippen LogP contribution >= 0.6 is 0 Å². The first-order valence-electron chi connectivity index (χ1n) is 5.33. The van der Waals surface area contributed by atoms with Gasteiger partial charge in [-0.3, -0.25) is 0 Å². The Hall–Kier alpha value is -1.62. The maximum absolute atomic E-state index is 11.4. The van der Waals surface area contributed by atoms with E-state index in [4.69, 9.17) is 9.84 Å². The molecule has 0 amide bonds. The van der Waals surface area contributed by atoms with Gasteiger partial charge in [0.1, 0.15) is 0 Å². The maximum Gasteiger partial charge on any atom is 0.336 e. The number of hydrogen-bond donors (Lipinski definition) is 2. The van der Waals surface area contributed by atoms with Crippen molar-refractivity contribution in [2.75, 3.05) is 0 Å². The third kappa shape index (κ3) is 2.39. The van der Waals surface area contributed by atoms with Crippen LogP contribution in [-0.2, 0) is 14.3 Å². The van der Waals surface area contributed by atoms with Crippen molar-refractivity contribution in [1.29, 1.82) is 0 Å². The average molecular weight is 240 g/mol. The Morgan fingerprint density at radius 1 is 1.35 bits per heavy atom. The number of carbonyl (C=O) groups is 2. The number of rotatable bonds is 6.